The van der Waals surface area contributed by atoms with Crippen LogP contribution in [0.1, 0.15) is 25.8 Å². The fraction of sp³-hybridized carbons (Fsp3) is 0.400. The SMILES string of the molecule is C=C(NC)C1=C(NC)NC(C/C(C)=C(/C)OC)N1Cc1ccc(F)cc1. The first-order chi connectivity index (χ1) is 12.4. The number of halogens is 1. The van der Waals surface area contributed by atoms with E-state index in [0.29, 0.717) is 6.54 Å². The van der Waals surface area contributed by atoms with Gasteiger partial charge in [0, 0.05) is 27.1 Å². The summed E-state index contributed by atoms with van der Waals surface area (Å²) in [4.78, 5) is 2.24. The Morgan fingerprint density at radius 1 is 1.27 bits per heavy atom. The average molecular weight is 360 g/mol. The predicted octanol–water partition coefficient (Wildman–Crippen LogP) is 3.01. The van der Waals surface area contributed by atoms with Crippen LogP contribution in [-0.4, -0.2) is 32.3 Å². The summed E-state index contributed by atoms with van der Waals surface area (Å²) < 4.78 is 18.6. The zero-order chi connectivity index (χ0) is 19.3. The van der Waals surface area contributed by atoms with Crippen molar-refractivity contribution in [2.75, 3.05) is 21.2 Å². The van der Waals surface area contributed by atoms with Gasteiger partial charge in [-0.25, -0.2) is 4.39 Å². The highest BCUT2D eigenvalue weighted by molar-refractivity contribution is 5.35. The largest absolute Gasteiger partial charge is 0.501 e. The minimum absolute atomic E-state index is 0.0349. The van der Waals surface area contributed by atoms with Crippen LogP contribution < -0.4 is 16.0 Å². The Labute approximate surface area is 155 Å². The van der Waals surface area contributed by atoms with Crippen LogP contribution in [0.5, 0.6) is 0 Å². The zero-order valence-corrected chi connectivity index (χ0v) is 16.2. The molecule has 5 nitrogen and oxygen atoms in total. The Morgan fingerprint density at radius 2 is 1.92 bits per heavy atom. The smallest absolute Gasteiger partial charge is 0.126 e. The molecule has 1 aliphatic heterocycles. The standard InChI is InChI=1S/C20H29FN4O/c1-13(15(3)26-6)11-18-24-20(23-5)19(14(2)22-4)25(18)12-16-7-9-17(21)10-8-16/h7-10,18,22-24H,2,11-12H2,1,3-6H3/b15-13-. The molecule has 2 rings (SSSR count). The van der Waals surface area contributed by atoms with E-state index in [0.717, 1.165) is 35.0 Å². The van der Waals surface area contributed by atoms with E-state index in [1.807, 2.05) is 33.2 Å². The number of nitrogens with one attached hydrogen (secondary N) is 3. The molecular weight excluding hydrogens is 331 g/mol. The molecule has 3 N–H and O–H groups in total. The van der Waals surface area contributed by atoms with Gasteiger partial charge in [0.15, 0.2) is 0 Å². The molecule has 0 fully saturated rings. The molecule has 0 radical (unpaired) electrons. The second-order valence-corrected chi connectivity index (χ2v) is 6.36. The van der Waals surface area contributed by atoms with Gasteiger partial charge in [-0.15, -0.1) is 0 Å². The van der Waals surface area contributed by atoms with Crippen LogP contribution in [0.3, 0.4) is 0 Å². The van der Waals surface area contributed by atoms with Crippen LogP contribution in [0.4, 0.5) is 4.39 Å². The molecule has 142 valence electrons. The van der Waals surface area contributed by atoms with Crippen molar-refractivity contribution in [1.82, 2.24) is 20.9 Å². The first-order valence-corrected chi connectivity index (χ1v) is 8.68. The monoisotopic (exact) mass is 360 g/mol. The zero-order valence-electron chi connectivity index (χ0n) is 16.2. The molecule has 0 aromatic heterocycles. The van der Waals surface area contributed by atoms with Gasteiger partial charge < -0.3 is 25.6 Å². The number of hydrogen-bond acceptors (Lipinski definition) is 5. The van der Waals surface area contributed by atoms with Gasteiger partial charge in [0.2, 0.25) is 0 Å². The topological polar surface area (TPSA) is 48.6 Å². The van der Waals surface area contributed by atoms with Crippen molar-refractivity contribution in [3.8, 4) is 0 Å². The number of benzene rings is 1. The molecule has 26 heavy (non-hydrogen) atoms. The van der Waals surface area contributed by atoms with Gasteiger partial charge in [0.05, 0.1) is 18.6 Å². The van der Waals surface area contributed by atoms with E-state index >= 15 is 0 Å². The van der Waals surface area contributed by atoms with Crippen LogP contribution >= 0.6 is 0 Å². The van der Waals surface area contributed by atoms with Gasteiger partial charge in [0.1, 0.15) is 23.5 Å². The summed E-state index contributed by atoms with van der Waals surface area (Å²) in [6.45, 7) is 8.81. The molecule has 1 unspecified atom stereocenters. The van der Waals surface area contributed by atoms with Crippen molar-refractivity contribution in [3.63, 3.8) is 0 Å². The molecule has 1 aromatic carbocycles. The molecule has 1 atom stereocenters. The fourth-order valence-corrected chi connectivity index (χ4v) is 2.99. The minimum atomic E-state index is -0.231. The molecule has 1 aliphatic rings. The Kier molecular flexibility index (Phi) is 6.55. The molecule has 0 bridgehead atoms. The highest BCUT2D eigenvalue weighted by atomic mass is 19.1. The second kappa shape index (κ2) is 8.65. The third kappa shape index (κ3) is 4.31. The van der Waals surface area contributed by atoms with E-state index in [4.69, 9.17) is 4.74 Å². The third-order valence-corrected chi connectivity index (χ3v) is 4.72. The summed E-state index contributed by atoms with van der Waals surface area (Å²) >= 11 is 0. The van der Waals surface area contributed by atoms with E-state index < -0.39 is 0 Å². The van der Waals surface area contributed by atoms with E-state index in [9.17, 15) is 4.39 Å². The van der Waals surface area contributed by atoms with Crippen molar-refractivity contribution in [2.45, 2.75) is 33.0 Å². The van der Waals surface area contributed by atoms with Crippen molar-refractivity contribution in [2.24, 2.45) is 0 Å². The number of rotatable bonds is 8. The summed E-state index contributed by atoms with van der Waals surface area (Å²) in [7, 11) is 5.42. The summed E-state index contributed by atoms with van der Waals surface area (Å²) in [5.74, 6) is 1.60. The third-order valence-electron chi connectivity index (χ3n) is 4.72. The predicted molar refractivity (Wildman–Crippen MR) is 103 cm³/mol. The van der Waals surface area contributed by atoms with Gasteiger partial charge in [-0.2, -0.15) is 0 Å². The summed E-state index contributed by atoms with van der Waals surface area (Å²) in [6, 6.07) is 6.60. The normalized spacial score (nSPS) is 17.6. The Balaban J connectivity index is 2.35. The molecule has 1 aromatic rings. The maximum absolute atomic E-state index is 13.3. The Bertz CT molecular complexity index is 709. The Hall–Kier alpha value is -2.63. The molecule has 0 aliphatic carbocycles. The molecular formula is C20H29FN4O. The van der Waals surface area contributed by atoms with Crippen LogP contribution in [0.2, 0.25) is 0 Å². The maximum atomic E-state index is 13.3. The number of nitrogens with zero attached hydrogens (tertiary/aromatic N) is 1. The molecule has 0 amide bonds. The second-order valence-electron chi connectivity index (χ2n) is 6.36. The quantitative estimate of drug-likeness (QED) is 0.622. The van der Waals surface area contributed by atoms with Crippen molar-refractivity contribution in [3.05, 3.63) is 70.8 Å². The minimum Gasteiger partial charge on any atom is -0.501 e. The number of likely N-dealkylation sites (N-methyl/N-ethyl adjacent to an activating group) is 1. The highest BCUT2D eigenvalue weighted by Gasteiger charge is 2.32. The van der Waals surface area contributed by atoms with Crippen LogP contribution in [0.25, 0.3) is 0 Å². The summed E-state index contributed by atoms with van der Waals surface area (Å²) in [5.41, 5.74) is 3.99. The van der Waals surface area contributed by atoms with Crippen LogP contribution in [0.15, 0.2) is 59.4 Å². The van der Waals surface area contributed by atoms with Gasteiger partial charge in [-0.3, -0.25) is 0 Å². The van der Waals surface area contributed by atoms with Crippen molar-refractivity contribution >= 4 is 0 Å². The van der Waals surface area contributed by atoms with Gasteiger partial charge >= 0.3 is 0 Å². The lowest BCUT2D eigenvalue weighted by Crippen LogP contribution is -2.38. The van der Waals surface area contributed by atoms with Crippen molar-refractivity contribution < 1.29 is 9.13 Å². The molecule has 0 spiro atoms. The summed E-state index contributed by atoms with van der Waals surface area (Å²) in [5, 5.41) is 9.88. The van der Waals surface area contributed by atoms with E-state index in [-0.39, 0.29) is 12.0 Å². The number of allylic oxidation sites excluding steroid dienone is 1. The number of hydrogen-bond donors (Lipinski definition) is 3. The molecule has 0 saturated heterocycles. The first kappa shape index (κ1) is 19.7. The summed E-state index contributed by atoms with van der Waals surface area (Å²) in [6.07, 6.45) is 0.819. The average Bonchev–Trinajstić information content (AvgIpc) is 2.99. The molecule has 1 heterocycles. The number of ether oxygens (including phenoxy) is 1. The van der Waals surface area contributed by atoms with Crippen LogP contribution in [-0.2, 0) is 11.3 Å². The van der Waals surface area contributed by atoms with E-state index in [2.05, 4.69) is 34.4 Å². The lowest BCUT2D eigenvalue weighted by Gasteiger charge is -2.30. The lowest BCUT2D eigenvalue weighted by atomic mass is 10.1. The molecule has 6 heteroatoms. The number of methoxy groups -OCH3 is 1. The van der Waals surface area contributed by atoms with E-state index in [1.165, 1.54) is 17.7 Å². The van der Waals surface area contributed by atoms with E-state index in [1.54, 1.807) is 7.11 Å². The van der Waals surface area contributed by atoms with Gasteiger partial charge in [0.25, 0.3) is 0 Å². The van der Waals surface area contributed by atoms with Gasteiger partial charge in [-0.05, 0) is 37.1 Å². The maximum Gasteiger partial charge on any atom is 0.126 e. The van der Waals surface area contributed by atoms with Gasteiger partial charge in [-0.1, -0.05) is 18.7 Å². The fourth-order valence-electron chi connectivity index (χ4n) is 2.99. The van der Waals surface area contributed by atoms with Crippen molar-refractivity contribution in [1.29, 1.82) is 0 Å². The first-order valence-electron chi connectivity index (χ1n) is 8.68. The Morgan fingerprint density at radius 3 is 2.46 bits per heavy atom. The highest BCUT2D eigenvalue weighted by Crippen LogP contribution is 2.29. The lowest BCUT2D eigenvalue weighted by molar-refractivity contribution is 0.242. The molecule has 0 saturated carbocycles. The van der Waals surface area contributed by atoms with Crippen LogP contribution in [0, 0.1) is 5.82 Å².